The minimum atomic E-state index is 0.317. The van der Waals surface area contributed by atoms with Crippen LogP contribution in [0.3, 0.4) is 0 Å². The van der Waals surface area contributed by atoms with E-state index >= 15 is 0 Å². The molecule has 1 atom stereocenters. The zero-order chi connectivity index (χ0) is 14.4. The molecule has 2 nitrogen and oxygen atoms in total. The van der Waals surface area contributed by atoms with Crippen LogP contribution in [0.4, 0.5) is 5.69 Å². The molecule has 0 amide bonds. The molecule has 0 radical (unpaired) electrons. The summed E-state index contributed by atoms with van der Waals surface area (Å²) >= 11 is 0. The van der Waals surface area contributed by atoms with Crippen LogP contribution in [0.25, 0.3) is 0 Å². The number of hydrogen-bond acceptors (Lipinski definition) is 2. The first-order chi connectivity index (χ1) is 9.72. The summed E-state index contributed by atoms with van der Waals surface area (Å²) in [5, 5.41) is 12.2. The molecule has 0 saturated heterocycles. The summed E-state index contributed by atoms with van der Waals surface area (Å²) in [6, 6.07) is 19.2. The third-order valence-corrected chi connectivity index (χ3v) is 3.47. The summed E-state index contributed by atoms with van der Waals surface area (Å²) in [4.78, 5) is 0. The van der Waals surface area contributed by atoms with E-state index in [2.05, 4.69) is 49.5 Å². The van der Waals surface area contributed by atoms with E-state index in [1.165, 1.54) is 11.1 Å². The lowest BCUT2D eigenvalue weighted by atomic mass is 10.0. The van der Waals surface area contributed by atoms with E-state index < -0.39 is 0 Å². The monoisotopic (exact) mass is 264 g/mol. The smallest absolute Gasteiger partial charge is 0.0669 e. The lowest BCUT2D eigenvalue weighted by Gasteiger charge is -2.19. The van der Waals surface area contributed by atoms with Crippen molar-refractivity contribution < 1.29 is 0 Å². The van der Waals surface area contributed by atoms with Crippen LogP contribution in [0.1, 0.15) is 36.1 Å². The van der Waals surface area contributed by atoms with Crippen LogP contribution in [-0.2, 0) is 6.42 Å². The molecule has 2 aromatic rings. The van der Waals surface area contributed by atoms with Gasteiger partial charge >= 0.3 is 0 Å². The first-order valence-corrected chi connectivity index (χ1v) is 7.02. The predicted octanol–water partition coefficient (Wildman–Crippen LogP) is 4.62. The van der Waals surface area contributed by atoms with Crippen LogP contribution in [0, 0.1) is 18.3 Å². The van der Waals surface area contributed by atoms with Gasteiger partial charge in [-0.1, -0.05) is 48.9 Å². The van der Waals surface area contributed by atoms with Gasteiger partial charge in [0.2, 0.25) is 0 Å². The van der Waals surface area contributed by atoms with Gasteiger partial charge in [0.1, 0.15) is 0 Å². The van der Waals surface area contributed by atoms with Crippen LogP contribution in [0.2, 0.25) is 0 Å². The van der Waals surface area contributed by atoms with Gasteiger partial charge in [0.15, 0.2) is 0 Å². The summed E-state index contributed by atoms with van der Waals surface area (Å²) < 4.78 is 0. The van der Waals surface area contributed by atoms with Gasteiger partial charge in [0, 0.05) is 5.69 Å². The molecule has 1 N–H and O–H groups in total. The topological polar surface area (TPSA) is 35.8 Å². The van der Waals surface area contributed by atoms with Crippen molar-refractivity contribution in [2.24, 2.45) is 0 Å². The third-order valence-electron chi connectivity index (χ3n) is 3.47. The molecule has 0 aliphatic carbocycles. The highest BCUT2D eigenvalue weighted by molar-refractivity contribution is 5.47. The molecule has 0 aromatic heterocycles. The maximum atomic E-state index is 8.68. The number of rotatable bonds is 5. The average Bonchev–Trinajstić information content (AvgIpc) is 2.48. The van der Waals surface area contributed by atoms with Gasteiger partial charge < -0.3 is 5.32 Å². The minimum Gasteiger partial charge on any atom is -0.378 e. The fourth-order valence-electron chi connectivity index (χ4n) is 2.23. The van der Waals surface area contributed by atoms with Gasteiger partial charge in [-0.15, -0.1) is 0 Å². The van der Waals surface area contributed by atoms with E-state index in [1.807, 2.05) is 24.3 Å². The standard InChI is InChI=1S/C18H20N2/c1-3-18(16-8-4-14(2)5-9-16)20-17-10-6-15(7-11-17)12-13-19/h4-11,18,20H,3,12H2,1-2H3. The van der Waals surface area contributed by atoms with E-state index in [9.17, 15) is 0 Å². The Labute approximate surface area is 121 Å². The fraction of sp³-hybridized carbons (Fsp3) is 0.278. The van der Waals surface area contributed by atoms with Crippen LogP contribution in [-0.4, -0.2) is 0 Å². The molecule has 0 saturated carbocycles. The van der Waals surface area contributed by atoms with Crippen LogP contribution in [0.5, 0.6) is 0 Å². The lowest BCUT2D eigenvalue weighted by molar-refractivity contribution is 0.749. The number of hydrogen-bond donors (Lipinski definition) is 1. The zero-order valence-corrected chi connectivity index (χ0v) is 12.1. The van der Waals surface area contributed by atoms with E-state index in [0.29, 0.717) is 12.5 Å². The first-order valence-electron chi connectivity index (χ1n) is 7.02. The number of nitrogens with zero attached hydrogens (tertiary/aromatic N) is 1. The molecule has 0 bridgehead atoms. The van der Waals surface area contributed by atoms with E-state index in [1.54, 1.807) is 0 Å². The van der Waals surface area contributed by atoms with Crippen molar-refractivity contribution in [2.75, 3.05) is 5.32 Å². The molecular formula is C18H20N2. The number of nitrogens with one attached hydrogen (secondary N) is 1. The van der Waals surface area contributed by atoms with Crippen molar-refractivity contribution >= 4 is 5.69 Å². The Morgan fingerprint density at radius 1 is 1.05 bits per heavy atom. The largest absolute Gasteiger partial charge is 0.378 e. The molecule has 2 rings (SSSR count). The number of aryl methyl sites for hydroxylation is 1. The van der Waals surface area contributed by atoms with Crippen LogP contribution < -0.4 is 5.32 Å². The summed E-state index contributed by atoms with van der Waals surface area (Å²) in [6.07, 6.45) is 1.50. The number of nitriles is 1. The lowest BCUT2D eigenvalue weighted by Crippen LogP contribution is -2.09. The van der Waals surface area contributed by atoms with Crippen molar-refractivity contribution in [3.05, 3.63) is 65.2 Å². The van der Waals surface area contributed by atoms with Gasteiger partial charge in [-0.3, -0.25) is 0 Å². The van der Waals surface area contributed by atoms with Gasteiger partial charge in [-0.05, 0) is 36.6 Å². The number of benzene rings is 2. The highest BCUT2D eigenvalue weighted by atomic mass is 14.9. The van der Waals surface area contributed by atoms with Gasteiger partial charge in [-0.2, -0.15) is 5.26 Å². The summed E-state index contributed by atoms with van der Waals surface area (Å²) in [5.74, 6) is 0. The normalized spacial score (nSPS) is 11.7. The molecular weight excluding hydrogens is 244 g/mol. The van der Waals surface area contributed by atoms with Gasteiger partial charge in [-0.25, -0.2) is 0 Å². The fourth-order valence-corrected chi connectivity index (χ4v) is 2.23. The van der Waals surface area contributed by atoms with E-state index in [-0.39, 0.29) is 0 Å². The Morgan fingerprint density at radius 2 is 1.70 bits per heavy atom. The second-order valence-corrected chi connectivity index (χ2v) is 5.05. The van der Waals surface area contributed by atoms with Crippen LogP contribution in [0.15, 0.2) is 48.5 Å². The van der Waals surface area contributed by atoms with E-state index in [0.717, 1.165) is 17.7 Å². The molecule has 0 aliphatic heterocycles. The average molecular weight is 264 g/mol. The van der Waals surface area contributed by atoms with Crippen molar-refractivity contribution in [1.82, 2.24) is 0 Å². The SMILES string of the molecule is CCC(Nc1ccc(CC#N)cc1)c1ccc(C)cc1. The van der Waals surface area contributed by atoms with Crippen LogP contribution >= 0.6 is 0 Å². The van der Waals surface area contributed by atoms with Gasteiger partial charge in [0.05, 0.1) is 18.5 Å². The zero-order valence-electron chi connectivity index (χ0n) is 12.1. The highest BCUT2D eigenvalue weighted by Gasteiger charge is 2.08. The molecule has 2 aromatic carbocycles. The summed E-state index contributed by atoms with van der Waals surface area (Å²) in [5.41, 5.74) is 4.74. The van der Waals surface area contributed by atoms with Crippen molar-refractivity contribution in [3.63, 3.8) is 0 Å². The second kappa shape index (κ2) is 6.77. The predicted molar refractivity (Wildman–Crippen MR) is 83.6 cm³/mol. The molecule has 2 heteroatoms. The molecule has 0 fully saturated rings. The quantitative estimate of drug-likeness (QED) is 0.855. The summed E-state index contributed by atoms with van der Waals surface area (Å²) in [7, 11) is 0. The van der Waals surface area contributed by atoms with Crippen molar-refractivity contribution in [1.29, 1.82) is 5.26 Å². The molecule has 0 spiro atoms. The maximum Gasteiger partial charge on any atom is 0.0669 e. The molecule has 102 valence electrons. The third kappa shape index (κ3) is 3.61. The van der Waals surface area contributed by atoms with Gasteiger partial charge in [0.25, 0.3) is 0 Å². The Balaban J connectivity index is 2.10. The molecule has 1 unspecified atom stereocenters. The molecule has 0 heterocycles. The Morgan fingerprint density at radius 3 is 2.25 bits per heavy atom. The van der Waals surface area contributed by atoms with Crippen molar-refractivity contribution in [3.8, 4) is 6.07 Å². The van der Waals surface area contributed by atoms with E-state index in [4.69, 9.17) is 5.26 Å². The second-order valence-electron chi connectivity index (χ2n) is 5.05. The summed E-state index contributed by atoms with van der Waals surface area (Å²) in [6.45, 7) is 4.29. The maximum absolute atomic E-state index is 8.68. The Kier molecular flexibility index (Phi) is 4.79. The molecule has 0 aliphatic rings. The number of anilines is 1. The highest BCUT2D eigenvalue weighted by Crippen LogP contribution is 2.23. The molecule has 20 heavy (non-hydrogen) atoms. The van der Waals surface area contributed by atoms with Crippen molar-refractivity contribution in [2.45, 2.75) is 32.7 Å². The minimum absolute atomic E-state index is 0.317. The Bertz CT molecular complexity index is 576. The first kappa shape index (κ1) is 14.1. The Hall–Kier alpha value is -2.27.